The molecule has 0 radical (unpaired) electrons. The average Bonchev–Trinajstić information content (AvgIpc) is 2.98. The molecule has 0 aromatic heterocycles. The van der Waals surface area contributed by atoms with Crippen molar-refractivity contribution in [1.82, 2.24) is 4.90 Å². The number of fused-ring (bicyclic) bond motifs is 2. The van der Waals surface area contributed by atoms with Crippen molar-refractivity contribution < 1.29 is 19.5 Å². The predicted octanol–water partition coefficient (Wildman–Crippen LogP) is 2.94. The zero-order chi connectivity index (χ0) is 22.7. The van der Waals surface area contributed by atoms with E-state index in [0.717, 1.165) is 18.4 Å². The highest BCUT2D eigenvalue weighted by atomic mass is 16.3. The Bertz CT molecular complexity index is 1010. The van der Waals surface area contributed by atoms with E-state index >= 15 is 0 Å². The summed E-state index contributed by atoms with van der Waals surface area (Å²) >= 11 is 0. The van der Waals surface area contributed by atoms with Gasteiger partial charge >= 0.3 is 0 Å². The number of aryl methyl sites for hydroxylation is 1. The minimum atomic E-state index is -0.528. The number of carbonyl (C=O) groups is 3. The summed E-state index contributed by atoms with van der Waals surface area (Å²) in [5, 5.41) is 12.5. The van der Waals surface area contributed by atoms with Crippen LogP contribution in [0.3, 0.4) is 0 Å². The van der Waals surface area contributed by atoms with Crippen LogP contribution in [0.25, 0.3) is 0 Å². The van der Waals surface area contributed by atoms with Gasteiger partial charge in [-0.25, -0.2) is 0 Å². The SMILES string of the molecule is NC(=O)c1cccc(NC(=O)CC2C3CCC2CN(C(=O)CCc2cccc(O)c2)C3)c1. The van der Waals surface area contributed by atoms with Gasteiger partial charge in [-0.15, -0.1) is 0 Å². The van der Waals surface area contributed by atoms with Crippen LogP contribution >= 0.6 is 0 Å². The van der Waals surface area contributed by atoms with Gasteiger partial charge in [0.15, 0.2) is 0 Å². The molecule has 2 aromatic rings. The number of nitrogens with zero attached hydrogens (tertiary/aromatic N) is 1. The first-order valence-corrected chi connectivity index (χ1v) is 11.1. The van der Waals surface area contributed by atoms with Crippen LogP contribution in [-0.2, 0) is 16.0 Å². The van der Waals surface area contributed by atoms with Gasteiger partial charge in [0.25, 0.3) is 0 Å². The number of primary amides is 1. The average molecular weight is 436 g/mol. The monoisotopic (exact) mass is 435 g/mol. The Morgan fingerprint density at radius 3 is 2.44 bits per heavy atom. The van der Waals surface area contributed by atoms with E-state index in [2.05, 4.69) is 5.32 Å². The molecular formula is C25H29N3O4. The minimum Gasteiger partial charge on any atom is -0.508 e. The second-order valence-corrected chi connectivity index (χ2v) is 8.93. The summed E-state index contributed by atoms with van der Waals surface area (Å²) < 4.78 is 0. The van der Waals surface area contributed by atoms with E-state index in [-0.39, 0.29) is 23.5 Å². The number of carbonyl (C=O) groups excluding carboxylic acids is 3. The van der Waals surface area contributed by atoms with Crippen molar-refractivity contribution in [3.63, 3.8) is 0 Å². The van der Waals surface area contributed by atoms with E-state index in [0.29, 0.717) is 55.4 Å². The zero-order valence-corrected chi connectivity index (χ0v) is 18.0. The summed E-state index contributed by atoms with van der Waals surface area (Å²) in [6, 6.07) is 13.7. The lowest BCUT2D eigenvalue weighted by Gasteiger charge is -2.38. The Balaban J connectivity index is 1.30. The molecular weight excluding hydrogens is 406 g/mol. The number of likely N-dealkylation sites (tertiary alicyclic amines) is 1. The maximum Gasteiger partial charge on any atom is 0.248 e. The molecule has 2 atom stereocenters. The number of nitrogens with two attached hydrogens (primary N) is 1. The topological polar surface area (TPSA) is 113 Å². The smallest absolute Gasteiger partial charge is 0.248 e. The van der Waals surface area contributed by atoms with Gasteiger partial charge in [0.05, 0.1) is 0 Å². The first-order chi connectivity index (χ1) is 15.4. The van der Waals surface area contributed by atoms with Gasteiger partial charge in [-0.05, 0) is 72.9 Å². The number of phenolic OH excluding ortho intramolecular Hbond substituents is 1. The fraction of sp³-hybridized carbons (Fsp3) is 0.400. The molecule has 1 aliphatic carbocycles. The van der Waals surface area contributed by atoms with Crippen molar-refractivity contribution in [2.24, 2.45) is 23.5 Å². The van der Waals surface area contributed by atoms with Crippen LogP contribution in [0.15, 0.2) is 48.5 Å². The molecule has 2 unspecified atom stereocenters. The number of hydrogen-bond donors (Lipinski definition) is 3. The van der Waals surface area contributed by atoms with E-state index < -0.39 is 5.91 Å². The van der Waals surface area contributed by atoms with Gasteiger partial charge in [-0.2, -0.15) is 0 Å². The summed E-state index contributed by atoms with van der Waals surface area (Å²) in [6.45, 7) is 1.40. The molecule has 1 heterocycles. The predicted molar refractivity (Wildman–Crippen MR) is 121 cm³/mol. The first kappa shape index (κ1) is 21.9. The van der Waals surface area contributed by atoms with Crippen molar-refractivity contribution >= 4 is 23.4 Å². The van der Waals surface area contributed by atoms with Crippen molar-refractivity contribution in [1.29, 1.82) is 0 Å². The molecule has 7 nitrogen and oxygen atoms in total. The van der Waals surface area contributed by atoms with Crippen LogP contribution in [0.2, 0.25) is 0 Å². The number of anilines is 1. The molecule has 32 heavy (non-hydrogen) atoms. The quantitative estimate of drug-likeness (QED) is 0.621. The minimum absolute atomic E-state index is 0.0721. The maximum absolute atomic E-state index is 12.8. The van der Waals surface area contributed by atoms with Gasteiger partial charge < -0.3 is 21.1 Å². The highest BCUT2D eigenvalue weighted by molar-refractivity contribution is 5.96. The van der Waals surface area contributed by atoms with Crippen LogP contribution in [-0.4, -0.2) is 40.8 Å². The molecule has 168 valence electrons. The summed E-state index contributed by atoms with van der Waals surface area (Å²) in [6.07, 6.45) is 3.52. The molecule has 2 bridgehead atoms. The zero-order valence-electron chi connectivity index (χ0n) is 18.0. The van der Waals surface area contributed by atoms with Gasteiger partial charge in [-0.3, -0.25) is 14.4 Å². The fourth-order valence-electron chi connectivity index (χ4n) is 5.17. The van der Waals surface area contributed by atoms with E-state index in [9.17, 15) is 19.5 Å². The lowest BCUT2D eigenvalue weighted by Crippen LogP contribution is -2.45. The van der Waals surface area contributed by atoms with E-state index in [4.69, 9.17) is 5.73 Å². The molecule has 3 amide bonds. The third-order valence-corrected chi connectivity index (χ3v) is 6.77. The maximum atomic E-state index is 12.8. The molecule has 0 spiro atoms. The molecule has 7 heteroatoms. The molecule has 2 aromatic carbocycles. The highest BCUT2D eigenvalue weighted by Gasteiger charge is 2.43. The summed E-state index contributed by atoms with van der Waals surface area (Å²) in [5.74, 6) is 0.689. The molecule has 1 saturated heterocycles. The third kappa shape index (κ3) is 5.10. The summed E-state index contributed by atoms with van der Waals surface area (Å²) in [5.41, 5.74) is 7.19. The molecule has 2 fully saturated rings. The molecule has 1 aliphatic heterocycles. The largest absolute Gasteiger partial charge is 0.508 e. The van der Waals surface area contributed by atoms with E-state index in [1.807, 2.05) is 11.0 Å². The van der Waals surface area contributed by atoms with Crippen LogP contribution in [0, 0.1) is 17.8 Å². The Labute approximate surface area is 187 Å². The lowest BCUT2D eigenvalue weighted by molar-refractivity contribution is -0.134. The van der Waals surface area contributed by atoms with Gasteiger partial charge in [0.2, 0.25) is 17.7 Å². The van der Waals surface area contributed by atoms with Crippen LogP contribution in [0.5, 0.6) is 5.75 Å². The van der Waals surface area contributed by atoms with Gasteiger partial charge in [0, 0.05) is 37.2 Å². The molecule has 1 saturated carbocycles. The molecule has 4 rings (SSSR count). The number of hydrogen-bond acceptors (Lipinski definition) is 4. The molecule has 4 N–H and O–H groups in total. The Morgan fingerprint density at radius 2 is 1.75 bits per heavy atom. The standard InChI is InChI=1S/C25H29N3O4/c26-25(32)17-4-2-5-20(12-17)27-23(30)13-22-18-8-9-19(22)15-28(14-18)24(31)10-7-16-3-1-6-21(29)11-16/h1-6,11-12,18-19,22,29H,7-10,13-15H2,(H2,26,32)(H,27,30). The third-order valence-electron chi connectivity index (χ3n) is 6.77. The Hall–Kier alpha value is -3.35. The van der Waals surface area contributed by atoms with Crippen molar-refractivity contribution in [3.8, 4) is 5.75 Å². The van der Waals surface area contributed by atoms with E-state index in [1.54, 1.807) is 42.5 Å². The highest BCUT2D eigenvalue weighted by Crippen LogP contribution is 2.44. The number of amides is 3. The lowest BCUT2D eigenvalue weighted by atomic mass is 9.82. The summed E-state index contributed by atoms with van der Waals surface area (Å²) in [7, 11) is 0. The number of benzene rings is 2. The second-order valence-electron chi connectivity index (χ2n) is 8.93. The number of nitrogens with one attached hydrogen (secondary N) is 1. The fourth-order valence-corrected chi connectivity index (χ4v) is 5.17. The van der Waals surface area contributed by atoms with Crippen molar-refractivity contribution in [2.45, 2.75) is 32.1 Å². The van der Waals surface area contributed by atoms with Crippen LogP contribution in [0.1, 0.15) is 41.6 Å². The Kier molecular flexibility index (Phi) is 6.44. The van der Waals surface area contributed by atoms with Gasteiger partial charge in [-0.1, -0.05) is 18.2 Å². The van der Waals surface area contributed by atoms with Crippen molar-refractivity contribution in [3.05, 3.63) is 59.7 Å². The number of aromatic hydroxyl groups is 1. The Morgan fingerprint density at radius 1 is 1.03 bits per heavy atom. The van der Waals surface area contributed by atoms with E-state index in [1.165, 1.54) is 0 Å². The van der Waals surface area contributed by atoms with Crippen LogP contribution in [0.4, 0.5) is 5.69 Å². The number of rotatable bonds is 7. The normalized spacial score (nSPS) is 21.9. The summed E-state index contributed by atoms with van der Waals surface area (Å²) in [4.78, 5) is 38.7. The van der Waals surface area contributed by atoms with Crippen molar-refractivity contribution in [2.75, 3.05) is 18.4 Å². The van der Waals surface area contributed by atoms with Gasteiger partial charge in [0.1, 0.15) is 5.75 Å². The number of phenols is 1. The number of piperidine rings is 1. The second kappa shape index (κ2) is 9.42. The van der Waals surface area contributed by atoms with Crippen LogP contribution < -0.4 is 11.1 Å². The first-order valence-electron chi connectivity index (χ1n) is 11.1. The molecule has 2 aliphatic rings.